The van der Waals surface area contributed by atoms with Crippen molar-refractivity contribution >= 4 is 6.16 Å². The summed E-state index contributed by atoms with van der Waals surface area (Å²) < 4.78 is 9.08. The lowest BCUT2D eigenvalue weighted by molar-refractivity contribution is 0.143. The summed E-state index contributed by atoms with van der Waals surface area (Å²) in [7, 11) is 0. The second kappa shape index (κ2) is 2.43. The maximum Gasteiger partial charge on any atom is 0.511 e. The molecule has 0 aliphatic heterocycles. The Bertz CT molecular complexity index is 238. The Morgan fingerprint density at radius 3 is 2.90 bits per heavy atom. The molecule has 0 aliphatic rings. The van der Waals surface area contributed by atoms with Crippen molar-refractivity contribution in [3.05, 3.63) is 18.1 Å². The standard InChI is InChI=1S/C6H6O4/c1-4-5(2-3-9-4)10-6(7)8/h2-3H,1H3,(H,7,8). The Labute approximate surface area is 57.0 Å². The SMILES string of the molecule is Cc1occc1OC(=O)O. The summed E-state index contributed by atoms with van der Waals surface area (Å²) in [5.41, 5.74) is 0. The van der Waals surface area contributed by atoms with Crippen LogP contribution in [0.2, 0.25) is 0 Å². The van der Waals surface area contributed by atoms with Gasteiger partial charge in [-0.1, -0.05) is 0 Å². The molecule has 1 N–H and O–H groups in total. The number of furan rings is 1. The van der Waals surface area contributed by atoms with Gasteiger partial charge >= 0.3 is 6.16 Å². The third-order valence-corrected chi connectivity index (χ3v) is 1.01. The van der Waals surface area contributed by atoms with E-state index in [0.29, 0.717) is 5.76 Å². The van der Waals surface area contributed by atoms with Gasteiger partial charge in [-0.25, -0.2) is 4.79 Å². The van der Waals surface area contributed by atoms with E-state index in [1.54, 1.807) is 6.92 Å². The molecule has 1 heterocycles. The Hall–Kier alpha value is -1.45. The molecule has 0 unspecified atom stereocenters. The molecular formula is C6H6O4. The summed E-state index contributed by atoms with van der Waals surface area (Å²) in [6.45, 7) is 1.62. The number of carbonyl (C=O) groups is 1. The Morgan fingerprint density at radius 2 is 2.50 bits per heavy atom. The van der Waals surface area contributed by atoms with Crippen molar-refractivity contribution in [1.29, 1.82) is 0 Å². The van der Waals surface area contributed by atoms with Crippen LogP contribution in [0.4, 0.5) is 4.79 Å². The van der Waals surface area contributed by atoms with Crippen LogP contribution < -0.4 is 4.74 Å². The van der Waals surface area contributed by atoms with Gasteiger partial charge in [0.25, 0.3) is 0 Å². The first-order valence-electron chi connectivity index (χ1n) is 2.65. The minimum atomic E-state index is -1.33. The average molecular weight is 142 g/mol. The van der Waals surface area contributed by atoms with Crippen molar-refractivity contribution in [3.8, 4) is 5.75 Å². The highest BCUT2D eigenvalue weighted by Crippen LogP contribution is 2.17. The van der Waals surface area contributed by atoms with Crippen LogP contribution in [0.15, 0.2) is 16.7 Å². The van der Waals surface area contributed by atoms with E-state index in [0.717, 1.165) is 0 Å². The van der Waals surface area contributed by atoms with E-state index in [1.807, 2.05) is 0 Å². The van der Waals surface area contributed by atoms with Crippen molar-refractivity contribution < 1.29 is 19.1 Å². The molecule has 54 valence electrons. The summed E-state index contributed by atoms with van der Waals surface area (Å²) in [4.78, 5) is 9.96. The second-order valence-corrected chi connectivity index (χ2v) is 1.71. The van der Waals surface area contributed by atoms with Gasteiger partial charge in [0.1, 0.15) is 5.76 Å². The van der Waals surface area contributed by atoms with Crippen LogP contribution in [0, 0.1) is 6.92 Å². The number of hydrogen-bond donors (Lipinski definition) is 1. The largest absolute Gasteiger partial charge is 0.511 e. The van der Waals surface area contributed by atoms with Crippen LogP contribution in [-0.4, -0.2) is 11.3 Å². The molecule has 1 rings (SSSR count). The van der Waals surface area contributed by atoms with E-state index in [9.17, 15) is 4.79 Å². The third-order valence-electron chi connectivity index (χ3n) is 1.01. The Morgan fingerprint density at radius 1 is 1.80 bits per heavy atom. The Kier molecular flexibility index (Phi) is 1.62. The monoisotopic (exact) mass is 142 g/mol. The summed E-state index contributed by atoms with van der Waals surface area (Å²) in [6.07, 6.45) is 0.0395. The minimum Gasteiger partial charge on any atom is -0.466 e. The van der Waals surface area contributed by atoms with Gasteiger partial charge in [-0.3, -0.25) is 0 Å². The molecule has 1 aromatic heterocycles. The van der Waals surface area contributed by atoms with Gasteiger partial charge in [0.05, 0.1) is 6.26 Å². The maximum absolute atomic E-state index is 9.96. The molecule has 4 nitrogen and oxygen atoms in total. The number of ether oxygens (including phenoxy) is 1. The smallest absolute Gasteiger partial charge is 0.466 e. The molecule has 0 aliphatic carbocycles. The molecule has 0 radical (unpaired) electrons. The zero-order valence-electron chi connectivity index (χ0n) is 5.33. The van der Waals surface area contributed by atoms with Crippen molar-refractivity contribution in [2.24, 2.45) is 0 Å². The fraction of sp³-hybridized carbons (Fsp3) is 0.167. The summed E-state index contributed by atoms with van der Waals surface area (Å²) in [5.74, 6) is 0.704. The average Bonchev–Trinajstić information content (AvgIpc) is 2.15. The normalized spacial score (nSPS) is 9.30. The molecule has 0 spiro atoms. The van der Waals surface area contributed by atoms with Gasteiger partial charge in [-0.15, -0.1) is 0 Å². The molecule has 0 aromatic carbocycles. The summed E-state index contributed by atoms with van der Waals surface area (Å²) >= 11 is 0. The minimum absolute atomic E-state index is 0.243. The van der Waals surface area contributed by atoms with Crippen molar-refractivity contribution in [3.63, 3.8) is 0 Å². The first-order chi connectivity index (χ1) is 4.70. The van der Waals surface area contributed by atoms with Gasteiger partial charge in [0.15, 0.2) is 5.75 Å². The molecule has 1 aromatic rings. The van der Waals surface area contributed by atoms with Crippen LogP contribution in [0.1, 0.15) is 5.76 Å². The molecular weight excluding hydrogens is 136 g/mol. The highest BCUT2D eigenvalue weighted by molar-refractivity contribution is 5.61. The van der Waals surface area contributed by atoms with Crippen LogP contribution in [0.25, 0.3) is 0 Å². The quantitative estimate of drug-likeness (QED) is 0.605. The topological polar surface area (TPSA) is 59.7 Å². The molecule has 0 saturated carbocycles. The lowest BCUT2D eigenvalue weighted by atomic mass is 10.5. The van der Waals surface area contributed by atoms with E-state index in [4.69, 9.17) is 9.52 Å². The molecule has 10 heavy (non-hydrogen) atoms. The number of hydrogen-bond acceptors (Lipinski definition) is 3. The summed E-state index contributed by atoms with van der Waals surface area (Å²) in [6, 6.07) is 1.45. The lowest BCUT2D eigenvalue weighted by Gasteiger charge is -1.93. The van der Waals surface area contributed by atoms with Gasteiger partial charge in [-0.05, 0) is 6.92 Å². The van der Waals surface area contributed by atoms with E-state index < -0.39 is 6.16 Å². The van der Waals surface area contributed by atoms with Gasteiger partial charge in [-0.2, -0.15) is 0 Å². The zero-order valence-corrected chi connectivity index (χ0v) is 5.33. The molecule has 0 atom stereocenters. The highest BCUT2D eigenvalue weighted by atomic mass is 16.7. The molecule has 0 amide bonds. The molecule has 0 bridgehead atoms. The van der Waals surface area contributed by atoms with Crippen LogP contribution in [-0.2, 0) is 0 Å². The van der Waals surface area contributed by atoms with Crippen LogP contribution in [0.3, 0.4) is 0 Å². The van der Waals surface area contributed by atoms with E-state index in [2.05, 4.69) is 4.74 Å². The highest BCUT2D eigenvalue weighted by Gasteiger charge is 2.05. The molecule has 0 fully saturated rings. The first kappa shape index (κ1) is 6.67. The predicted molar refractivity (Wildman–Crippen MR) is 32.1 cm³/mol. The van der Waals surface area contributed by atoms with Crippen LogP contribution in [0.5, 0.6) is 5.75 Å². The van der Waals surface area contributed by atoms with E-state index in [1.165, 1.54) is 12.3 Å². The van der Waals surface area contributed by atoms with Crippen molar-refractivity contribution in [1.82, 2.24) is 0 Å². The van der Waals surface area contributed by atoms with Gasteiger partial charge in [0.2, 0.25) is 0 Å². The fourth-order valence-corrected chi connectivity index (χ4v) is 0.573. The fourth-order valence-electron chi connectivity index (χ4n) is 0.573. The number of aryl methyl sites for hydroxylation is 1. The third kappa shape index (κ3) is 1.28. The van der Waals surface area contributed by atoms with Crippen molar-refractivity contribution in [2.75, 3.05) is 0 Å². The number of carboxylic acid groups (broad SMARTS) is 1. The Balaban J connectivity index is 2.74. The van der Waals surface area contributed by atoms with E-state index in [-0.39, 0.29) is 5.75 Å². The second-order valence-electron chi connectivity index (χ2n) is 1.71. The van der Waals surface area contributed by atoms with Gasteiger partial charge in [0, 0.05) is 6.07 Å². The molecule has 0 saturated heterocycles. The number of rotatable bonds is 1. The molecule has 4 heteroatoms. The van der Waals surface area contributed by atoms with Crippen LogP contribution >= 0.6 is 0 Å². The lowest BCUT2D eigenvalue weighted by Crippen LogP contribution is -2.02. The maximum atomic E-state index is 9.96. The van der Waals surface area contributed by atoms with Crippen molar-refractivity contribution in [2.45, 2.75) is 6.92 Å². The van der Waals surface area contributed by atoms with Gasteiger partial charge < -0.3 is 14.3 Å². The van der Waals surface area contributed by atoms with E-state index >= 15 is 0 Å². The first-order valence-corrected chi connectivity index (χ1v) is 2.65. The predicted octanol–water partition coefficient (Wildman–Crippen LogP) is 1.64. The zero-order chi connectivity index (χ0) is 7.56. The summed E-state index contributed by atoms with van der Waals surface area (Å²) in [5, 5.41) is 8.15.